The molecule has 10 heteroatoms. The molecule has 138 valence electrons. The van der Waals surface area contributed by atoms with Gasteiger partial charge in [0.05, 0.1) is 11.2 Å². The van der Waals surface area contributed by atoms with Crippen molar-refractivity contribution >= 4 is 29.3 Å². The maximum atomic E-state index is 12.3. The van der Waals surface area contributed by atoms with Crippen LogP contribution in [0.3, 0.4) is 0 Å². The number of amides is 1. The first-order valence-corrected chi connectivity index (χ1v) is 7.85. The number of nitrogens with two attached hydrogens (primary N) is 2. The third-order valence-corrected chi connectivity index (χ3v) is 3.58. The zero-order valence-corrected chi connectivity index (χ0v) is 14.9. The van der Waals surface area contributed by atoms with Gasteiger partial charge in [-0.05, 0) is 38.1 Å². The van der Waals surface area contributed by atoms with Crippen molar-refractivity contribution in [3.63, 3.8) is 0 Å². The molecular formula is C16H18ClN5O4. The number of ether oxygens (including phenoxy) is 1. The lowest BCUT2D eigenvalue weighted by Gasteiger charge is -2.21. The van der Waals surface area contributed by atoms with Crippen LogP contribution in [0.5, 0.6) is 5.75 Å². The van der Waals surface area contributed by atoms with E-state index in [0.29, 0.717) is 16.3 Å². The lowest BCUT2D eigenvalue weighted by Crippen LogP contribution is -2.37. The van der Waals surface area contributed by atoms with E-state index in [1.54, 1.807) is 38.1 Å². The van der Waals surface area contributed by atoms with Gasteiger partial charge in [-0.25, -0.2) is 4.79 Å². The number of carbonyl (C=O) groups excluding carboxylic acids is 2. The molecular weight excluding hydrogens is 362 g/mol. The standard InChI is InChI=1S/C16H18ClN5O4/c1-16(2,22-8-11(17)7-20-22)15(24)26-21-14(19)10-3-5-12(6-4-10)25-9-13(18)23/h3-8H,9H2,1-2H3,(H2,18,23)(H2,19,21). The minimum absolute atomic E-state index is 0.00546. The molecule has 26 heavy (non-hydrogen) atoms. The lowest BCUT2D eigenvalue weighted by molar-refractivity contribution is -0.153. The van der Waals surface area contributed by atoms with Gasteiger partial charge in [0.2, 0.25) is 0 Å². The molecule has 0 fully saturated rings. The Morgan fingerprint density at radius 3 is 2.46 bits per heavy atom. The van der Waals surface area contributed by atoms with Crippen molar-refractivity contribution in [1.29, 1.82) is 0 Å². The van der Waals surface area contributed by atoms with E-state index >= 15 is 0 Å². The summed E-state index contributed by atoms with van der Waals surface area (Å²) in [5.41, 5.74) is 10.2. The number of hydrogen-bond acceptors (Lipinski definition) is 6. The van der Waals surface area contributed by atoms with Gasteiger partial charge in [0.25, 0.3) is 5.91 Å². The SMILES string of the molecule is CC(C)(C(=O)O/N=C(\N)c1ccc(OCC(N)=O)cc1)n1cc(Cl)cn1. The fraction of sp³-hybridized carbons (Fsp3) is 0.250. The Bertz CT molecular complexity index is 829. The molecule has 0 aliphatic carbocycles. The molecule has 1 aromatic carbocycles. The summed E-state index contributed by atoms with van der Waals surface area (Å²) in [5.74, 6) is -0.812. The summed E-state index contributed by atoms with van der Waals surface area (Å²) in [6.07, 6.45) is 2.91. The van der Waals surface area contributed by atoms with Crippen molar-refractivity contribution in [3.8, 4) is 5.75 Å². The summed E-state index contributed by atoms with van der Waals surface area (Å²) >= 11 is 5.81. The first-order chi connectivity index (χ1) is 12.2. The van der Waals surface area contributed by atoms with Crippen LogP contribution in [0.2, 0.25) is 5.02 Å². The van der Waals surface area contributed by atoms with Crippen LogP contribution in [0.15, 0.2) is 41.8 Å². The number of carbonyl (C=O) groups is 2. The average Bonchev–Trinajstić information content (AvgIpc) is 3.05. The first-order valence-electron chi connectivity index (χ1n) is 7.47. The summed E-state index contributed by atoms with van der Waals surface area (Å²) < 4.78 is 6.50. The van der Waals surface area contributed by atoms with Gasteiger partial charge in [-0.3, -0.25) is 9.48 Å². The van der Waals surface area contributed by atoms with Gasteiger partial charge >= 0.3 is 5.97 Å². The number of benzene rings is 1. The van der Waals surface area contributed by atoms with Gasteiger partial charge < -0.3 is 21.0 Å². The molecule has 0 aliphatic heterocycles. The number of aromatic nitrogens is 2. The molecule has 0 saturated heterocycles. The van der Waals surface area contributed by atoms with Gasteiger partial charge in [-0.15, -0.1) is 0 Å². The fourth-order valence-corrected chi connectivity index (χ4v) is 1.97. The molecule has 0 spiro atoms. The summed E-state index contributed by atoms with van der Waals surface area (Å²) in [4.78, 5) is 27.9. The van der Waals surface area contributed by atoms with E-state index in [4.69, 9.17) is 32.6 Å². The molecule has 0 unspecified atom stereocenters. The maximum Gasteiger partial charge on any atom is 0.361 e. The molecule has 1 amide bonds. The predicted octanol–water partition coefficient (Wildman–Crippen LogP) is 0.999. The Kier molecular flexibility index (Phi) is 5.83. The maximum absolute atomic E-state index is 12.3. The third kappa shape index (κ3) is 4.73. The minimum Gasteiger partial charge on any atom is -0.484 e. The number of halogens is 1. The molecule has 0 atom stereocenters. The highest BCUT2D eigenvalue weighted by Gasteiger charge is 2.33. The van der Waals surface area contributed by atoms with Crippen LogP contribution in [0.4, 0.5) is 0 Å². The van der Waals surface area contributed by atoms with E-state index in [0.717, 1.165) is 0 Å². The number of hydrogen-bond donors (Lipinski definition) is 2. The van der Waals surface area contributed by atoms with Crippen molar-refractivity contribution in [2.75, 3.05) is 6.61 Å². The monoisotopic (exact) mass is 379 g/mol. The van der Waals surface area contributed by atoms with Crippen LogP contribution in [0, 0.1) is 0 Å². The van der Waals surface area contributed by atoms with Gasteiger partial charge in [0, 0.05) is 11.8 Å². The van der Waals surface area contributed by atoms with E-state index in [2.05, 4.69) is 10.3 Å². The molecule has 9 nitrogen and oxygen atoms in total. The average molecular weight is 380 g/mol. The summed E-state index contributed by atoms with van der Waals surface area (Å²) in [6, 6.07) is 6.36. The fourth-order valence-electron chi connectivity index (χ4n) is 1.83. The molecule has 0 saturated carbocycles. The number of amidine groups is 1. The molecule has 4 N–H and O–H groups in total. The topological polar surface area (TPSA) is 135 Å². The van der Waals surface area contributed by atoms with E-state index in [1.807, 2.05) is 0 Å². The van der Waals surface area contributed by atoms with E-state index in [9.17, 15) is 9.59 Å². The largest absolute Gasteiger partial charge is 0.484 e. The van der Waals surface area contributed by atoms with E-state index < -0.39 is 17.4 Å². The molecule has 1 heterocycles. The number of rotatable bonds is 7. The van der Waals surface area contributed by atoms with Crippen molar-refractivity contribution < 1.29 is 19.2 Å². The van der Waals surface area contributed by atoms with Crippen molar-refractivity contribution in [1.82, 2.24) is 9.78 Å². The summed E-state index contributed by atoms with van der Waals surface area (Å²) in [7, 11) is 0. The molecule has 2 aromatic rings. The van der Waals surface area contributed by atoms with Crippen LogP contribution in [-0.4, -0.2) is 34.1 Å². The second-order valence-corrected chi connectivity index (χ2v) is 6.23. The van der Waals surface area contributed by atoms with Crippen molar-refractivity contribution in [3.05, 3.63) is 47.2 Å². The Morgan fingerprint density at radius 1 is 1.27 bits per heavy atom. The Labute approximate surface area is 154 Å². The quantitative estimate of drug-likeness (QED) is 0.319. The van der Waals surface area contributed by atoms with Gasteiger partial charge in [-0.2, -0.15) is 5.10 Å². The van der Waals surface area contributed by atoms with Gasteiger partial charge in [0.15, 0.2) is 18.0 Å². The lowest BCUT2D eigenvalue weighted by atomic mass is 10.1. The Balaban J connectivity index is 2.02. The van der Waals surface area contributed by atoms with Crippen molar-refractivity contribution in [2.24, 2.45) is 16.6 Å². The summed E-state index contributed by atoms with van der Waals surface area (Å²) in [6.45, 7) is 2.98. The zero-order chi connectivity index (χ0) is 19.3. The Morgan fingerprint density at radius 2 is 1.92 bits per heavy atom. The first kappa shape index (κ1) is 19.3. The number of nitrogens with zero attached hydrogens (tertiary/aromatic N) is 3. The van der Waals surface area contributed by atoms with Crippen LogP contribution in [0.1, 0.15) is 19.4 Å². The van der Waals surface area contributed by atoms with Crippen LogP contribution >= 0.6 is 11.6 Å². The van der Waals surface area contributed by atoms with Crippen LogP contribution < -0.4 is 16.2 Å². The predicted molar refractivity (Wildman–Crippen MR) is 94.5 cm³/mol. The number of primary amides is 1. The Hall–Kier alpha value is -3.07. The second-order valence-electron chi connectivity index (χ2n) is 5.80. The molecule has 2 rings (SSSR count). The van der Waals surface area contributed by atoms with Gasteiger partial charge in [-0.1, -0.05) is 16.8 Å². The number of oxime groups is 1. The highest BCUT2D eigenvalue weighted by atomic mass is 35.5. The molecule has 0 radical (unpaired) electrons. The molecule has 0 bridgehead atoms. The van der Waals surface area contributed by atoms with Crippen LogP contribution in [-0.2, 0) is 20.0 Å². The minimum atomic E-state index is -1.12. The van der Waals surface area contributed by atoms with Crippen LogP contribution in [0.25, 0.3) is 0 Å². The third-order valence-electron chi connectivity index (χ3n) is 3.38. The van der Waals surface area contributed by atoms with Crippen molar-refractivity contribution in [2.45, 2.75) is 19.4 Å². The summed E-state index contributed by atoms with van der Waals surface area (Å²) in [5, 5.41) is 8.04. The highest BCUT2D eigenvalue weighted by molar-refractivity contribution is 6.30. The second kappa shape index (κ2) is 7.87. The zero-order valence-electron chi connectivity index (χ0n) is 14.2. The highest BCUT2D eigenvalue weighted by Crippen LogP contribution is 2.19. The molecule has 0 aliphatic rings. The molecule has 1 aromatic heterocycles. The smallest absolute Gasteiger partial charge is 0.361 e. The normalized spacial score (nSPS) is 11.9. The van der Waals surface area contributed by atoms with Gasteiger partial charge in [0.1, 0.15) is 5.75 Å². The van der Waals surface area contributed by atoms with E-state index in [-0.39, 0.29) is 12.4 Å². The van der Waals surface area contributed by atoms with E-state index in [1.165, 1.54) is 17.1 Å².